The maximum atomic E-state index is 12.1. The van der Waals surface area contributed by atoms with Crippen molar-refractivity contribution >= 4 is 46.4 Å². The molecule has 4 N–H and O–H groups in total. The lowest BCUT2D eigenvalue weighted by molar-refractivity contribution is -0.136. The van der Waals surface area contributed by atoms with E-state index in [0.717, 1.165) is 5.69 Å². The van der Waals surface area contributed by atoms with Gasteiger partial charge in [0.2, 0.25) is 15.9 Å². The SMILES string of the molecule is CC(C)(N)C(=O)N1CCN(c2ccc(S(N)(=O)=O)cc2)CC1.Cl.Cl. The second kappa shape index (κ2) is 8.35. The number of benzene rings is 1. The molecule has 1 heterocycles. The first-order valence-electron chi connectivity index (χ1n) is 7.05. The highest BCUT2D eigenvalue weighted by Crippen LogP contribution is 2.19. The Hall–Kier alpha value is -1.06. The molecule has 138 valence electrons. The van der Waals surface area contributed by atoms with Crippen LogP contribution < -0.4 is 15.8 Å². The molecule has 1 aliphatic heterocycles. The third-order valence-electron chi connectivity index (χ3n) is 3.65. The molecular formula is C14H24Cl2N4O3S. The molecule has 1 amide bonds. The van der Waals surface area contributed by atoms with E-state index in [4.69, 9.17) is 10.9 Å². The Morgan fingerprint density at radius 1 is 1.04 bits per heavy atom. The lowest BCUT2D eigenvalue weighted by Crippen LogP contribution is -2.57. The van der Waals surface area contributed by atoms with Gasteiger partial charge in [0.25, 0.3) is 0 Å². The number of carbonyl (C=O) groups is 1. The Kier molecular flexibility index (Phi) is 7.98. The first-order valence-corrected chi connectivity index (χ1v) is 8.60. The fourth-order valence-corrected chi connectivity index (χ4v) is 2.94. The van der Waals surface area contributed by atoms with E-state index in [2.05, 4.69) is 4.90 Å². The van der Waals surface area contributed by atoms with Gasteiger partial charge < -0.3 is 15.5 Å². The molecule has 1 saturated heterocycles. The Bertz CT molecular complexity index is 652. The molecule has 7 nitrogen and oxygen atoms in total. The van der Waals surface area contributed by atoms with Crippen LogP contribution in [-0.2, 0) is 14.8 Å². The van der Waals surface area contributed by atoms with Gasteiger partial charge in [-0.05, 0) is 38.1 Å². The van der Waals surface area contributed by atoms with Crippen molar-refractivity contribution in [3.8, 4) is 0 Å². The minimum Gasteiger partial charge on any atom is -0.368 e. The van der Waals surface area contributed by atoms with Crippen molar-refractivity contribution in [2.75, 3.05) is 31.1 Å². The van der Waals surface area contributed by atoms with Crippen LogP contribution >= 0.6 is 24.8 Å². The number of piperazine rings is 1. The van der Waals surface area contributed by atoms with Gasteiger partial charge >= 0.3 is 0 Å². The van der Waals surface area contributed by atoms with E-state index in [-0.39, 0.29) is 35.6 Å². The summed E-state index contributed by atoms with van der Waals surface area (Å²) < 4.78 is 22.5. The zero-order valence-electron chi connectivity index (χ0n) is 13.6. The second-order valence-corrected chi connectivity index (χ2v) is 7.60. The number of hydrogen-bond acceptors (Lipinski definition) is 5. The van der Waals surface area contributed by atoms with Gasteiger partial charge in [-0.25, -0.2) is 13.6 Å². The fourth-order valence-electron chi connectivity index (χ4n) is 2.42. The summed E-state index contributed by atoms with van der Waals surface area (Å²) in [6.07, 6.45) is 0. The third-order valence-corrected chi connectivity index (χ3v) is 4.58. The smallest absolute Gasteiger partial charge is 0.242 e. The van der Waals surface area contributed by atoms with Crippen LogP contribution in [0.15, 0.2) is 29.2 Å². The van der Waals surface area contributed by atoms with Crippen molar-refractivity contribution < 1.29 is 13.2 Å². The molecule has 0 aromatic heterocycles. The van der Waals surface area contributed by atoms with E-state index < -0.39 is 15.6 Å². The number of anilines is 1. The molecule has 1 fully saturated rings. The zero-order valence-corrected chi connectivity index (χ0v) is 16.1. The number of nitrogens with zero attached hydrogens (tertiary/aromatic N) is 2. The third kappa shape index (κ3) is 5.49. The molecular weight excluding hydrogens is 375 g/mol. The number of halogens is 2. The van der Waals surface area contributed by atoms with Gasteiger partial charge in [-0.2, -0.15) is 0 Å². The molecule has 0 atom stereocenters. The van der Waals surface area contributed by atoms with Gasteiger partial charge in [0.05, 0.1) is 10.4 Å². The molecule has 0 spiro atoms. The largest absolute Gasteiger partial charge is 0.368 e. The van der Waals surface area contributed by atoms with Gasteiger partial charge in [-0.3, -0.25) is 4.79 Å². The highest BCUT2D eigenvalue weighted by molar-refractivity contribution is 7.89. The molecule has 1 aliphatic rings. The van der Waals surface area contributed by atoms with Crippen LogP contribution in [0.25, 0.3) is 0 Å². The maximum Gasteiger partial charge on any atom is 0.242 e. The first kappa shape index (κ1) is 22.9. The summed E-state index contributed by atoms with van der Waals surface area (Å²) in [5.74, 6) is -0.0586. The van der Waals surface area contributed by atoms with Crippen LogP contribution in [0.4, 0.5) is 5.69 Å². The summed E-state index contributed by atoms with van der Waals surface area (Å²) in [6, 6.07) is 6.44. The van der Waals surface area contributed by atoms with Gasteiger partial charge in [-0.1, -0.05) is 0 Å². The minimum absolute atomic E-state index is 0. The van der Waals surface area contributed by atoms with Crippen molar-refractivity contribution in [3.63, 3.8) is 0 Å². The van der Waals surface area contributed by atoms with Crippen LogP contribution in [-0.4, -0.2) is 50.9 Å². The predicted octanol–water partition coefficient (Wildman–Crippen LogP) is 0.564. The van der Waals surface area contributed by atoms with E-state index in [1.165, 1.54) is 12.1 Å². The summed E-state index contributed by atoms with van der Waals surface area (Å²) in [6.45, 7) is 5.95. The summed E-state index contributed by atoms with van der Waals surface area (Å²) in [7, 11) is -3.67. The van der Waals surface area contributed by atoms with Gasteiger partial charge in [0.15, 0.2) is 0 Å². The van der Waals surface area contributed by atoms with E-state index in [0.29, 0.717) is 26.2 Å². The second-order valence-electron chi connectivity index (χ2n) is 6.04. The van der Waals surface area contributed by atoms with Crippen molar-refractivity contribution in [1.29, 1.82) is 0 Å². The lowest BCUT2D eigenvalue weighted by atomic mass is 10.0. The highest BCUT2D eigenvalue weighted by Gasteiger charge is 2.30. The first-order chi connectivity index (χ1) is 10.1. The van der Waals surface area contributed by atoms with Crippen molar-refractivity contribution in [2.24, 2.45) is 10.9 Å². The Morgan fingerprint density at radius 3 is 1.88 bits per heavy atom. The average molecular weight is 399 g/mol. The summed E-state index contributed by atoms with van der Waals surface area (Å²) in [5.41, 5.74) is 5.89. The average Bonchev–Trinajstić information content (AvgIpc) is 2.45. The molecule has 10 heteroatoms. The molecule has 1 aromatic rings. The van der Waals surface area contributed by atoms with Gasteiger partial charge in [-0.15, -0.1) is 24.8 Å². The number of hydrogen-bond donors (Lipinski definition) is 2. The zero-order chi connectivity index (χ0) is 16.5. The monoisotopic (exact) mass is 398 g/mol. The number of carbonyl (C=O) groups excluding carboxylic acids is 1. The van der Waals surface area contributed by atoms with Crippen molar-refractivity contribution in [3.05, 3.63) is 24.3 Å². The molecule has 24 heavy (non-hydrogen) atoms. The van der Waals surface area contributed by atoms with E-state index in [9.17, 15) is 13.2 Å². The van der Waals surface area contributed by atoms with Crippen molar-refractivity contribution in [1.82, 2.24) is 4.90 Å². The van der Waals surface area contributed by atoms with Crippen LogP contribution in [0.2, 0.25) is 0 Å². The van der Waals surface area contributed by atoms with E-state index in [1.807, 2.05) is 0 Å². The summed E-state index contributed by atoms with van der Waals surface area (Å²) in [5, 5.41) is 5.08. The molecule has 2 rings (SSSR count). The van der Waals surface area contributed by atoms with Crippen LogP contribution in [0.3, 0.4) is 0 Å². The summed E-state index contributed by atoms with van der Waals surface area (Å²) in [4.78, 5) is 16.1. The Morgan fingerprint density at radius 2 is 1.50 bits per heavy atom. The number of nitrogens with two attached hydrogens (primary N) is 2. The van der Waals surface area contributed by atoms with Gasteiger partial charge in [0.1, 0.15) is 0 Å². The molecule has 0 saturated carbocycles. The quantitative estimate of drug-likeness (QED) is 0.772. The molecule has 0 aliphatic carbocycles. The Labute approximate surface area is 155 Å². The normalized spacial score (nSPS) is 15.3. The van der Waals surface area contributed by atoms with Crippen molar-refractivity contribution in [2.45, 2.75) is 24.3 Å². The number of primary sulfonamides is 1. The topological polar surface area (TPSA) is 110 Å². The minimum atomic E-state index is -3.67. The molecule has 0 bridgehead atoms. The van der Waals surface area contributed by atoms with Gasteiger partial charge in [0, 0.05) is 31.9 Å². The Balaban J connectivity index is 0.00000264. The van der Waals surface area contributed by atoms with E-state index >= 15 is 0 Å². The summed E-state index contributed by atoms with van der Waals surface area (Å²) >= 11 is 0. The number of amides is 1. The van der Waals surface area contributed by atoms with Crippen LogP contribution in [0.5, 0.6) is 0 Å². The maximum absolute atomic E-state index is 12.1. The van der Waals surface area contributed by atoms with Crippen LogP contribution in [0.1, 0.15) is 13.8 Å². The highest BCUT2D eigenvalue weighted by atomic mass is 35.5. The number of rotatable bonds is 3. The standard InChI is InChI=1S/C14H22N4O3S.2ClH/c1-14(2,15)13(19)18-9-7-17(8-10-18)11-3-5-12(6-4-11)22(16,20)21;;/h3-6H,7-10,15H2,1-2H3,(H2,16,20,21);2*1H. The fraction of sp³-hybridized carbons (Fsp3) is 0.500. The molecule has 1 aromatic carbocycles. The van der Waals surface area contributed by atoms with E-state index in [1.54, 1.807) is 30.9 Å². The van der Waals surface area contributed by atoms with Crippen LogP contribution in [0, 0.1) is 0 Å². The lowest BCUT2D eigenvalue weighted by Gasteiger charge is -2.38. The molecule has 0 radical (unpaired) electrons. The number of sulfonamides is 1. The predicted molar refractivity (Wildman–Crippen MR) is 99.4 cm³/mol. The molecule has 0 unspecified atom stereocenters.